The van der Waals surface area contributed by atoms with Gasteiger partial charge in [-0.2, -0.15) is 0 Å². The number of nitrogens with one attached hydrogen (secondary N) is 1. The van der Waals surface area contributed by atoms with Gasteiger partial charge < -0.3 is 15.0 Å². The topological polar surface area (TPSA) is 67.2 Å². The van der Waals surface area contributed by atoms with E-state index >= 15 is 0 Å². The average Bonchev–Trinajstić information content (AvgIpc) is 2.57. The molecule has 18 heavy (non-hydrogen) atoms. The van der Waals surface area contributed by atoms with Gasteiger partial charge in [-0.3, -0.25) is 0 Å². The molecular formula is C13H21N3O2. The van der Waals surface area contributed by atoms with E-state index in [1.54, 1.807) is 11.6 Å². The minimum atomic E-state index is -0.933. The van der Waals surface area contributed by atoms with Crippen LogP contribution in [0.4, 0.5) is 0 Å². The highest BCUT2D eigenvalue weighted by molar-refractivity contribution is 5.85. The first kappa shape index (κ1) is 13.1. The fourth-order valence-electron chi connectivity index (χ4n) is 2.85. The van der Waals surface area contributed by atoms with Crippen molar-refractivity contribution in [3.8, 4) is 0 Å². The molecule has 1 aliphatic carbocycles. The number of hydrogen-bond acceptors (Lipinski definition) is 3. The third kappa shape index (κ3) is 2.72. The first-order valence-electron chi connectivity index (χ1n) is 6.34. The van der Waals surface area contributed by atoms with E-state index in [2.05, 4.69) is 24.1 Å². The molecule has 0 bridgehead atoms. The molecule has 1 heterocycles. The predicted molar refractivity (Wildman–Crippen MR) is 68.4 cm³/mol. The Morgan fingerprint density at radius 3 is 2.78 bits per heavy atom. The maximum atomic E-state index is 10.9. The smallest absolute Gasteiger partial charge is 0.354 e. The summed E-state index contributed by atoms with van der Waals surface area (Å²) in [7, 11) is 1.74. The van der Waals surface area contributed by atoms with Crippen molar-refractivity contribution in [2.24, 2.45) is 18.4 Å². The summed E-state index contributed by atoms with van der Waals surface area (Å²) in [6.07, 6.45) is 3.94. The molecule has 5 nitrogen and oxygen atoms in total. The van der Waals surface area contributed by atoms with Crippen LogP contribution >= 0.6 is 0 Å². The molecular weight excluding hydrogens is 230 g/mol. The van der Waals surface area contributed by atoms with Gasteiger partial charge in [-0.15, -0.1) is 0 Å². The minimum absolute atomic E-state index is 0.233. The van der Waals surface area contributed by atoms with Crippen LogP contribution in [0, 0.1) is 11.3 Å². The lowest BCUT2D eigenvalue weighted by atomic mass is 9.64. The molecule has 1 aromatic heterocycles. The monoisotopic (exact) mass is 251 g/mol. The highest BCUT2D eigenvalue weighted by Gasteiger charge is 2.35. The predicted octanol–water partition coefficient (Wildman–Crippen LogP) is 1.64. The lowest BCUT2D eigenvalue weighted by molar-refractivity contribution is 0.0686. The summed E-state index contributed by atoms with van der Waals surface area (Å²) in [5.74, 6) is 0.585. The number of rotatable bonds is 5. The Bertz CT molecular complexity index is 443. The van der Waals surface area contributed by atoms with Crippen LogP contribution in [0.25, 0.3) is 0 Å². The lowest BCUT2D eigenvalue weighted by Gasteiger charge is -2.42. The first-order valence-corrected chi connectivity index (χ1v) is 6.34. The van der Waals surface area contributed by atoms with E-state index < -0.39 is 5.97 Å². The zero-order valence-corrected chi connectivity index (χ0v) is 11.2. The normalized spacial score (nSPS) is 18.6. The molecule has 0 aliphatic heterocycles. The maximum absolute atomic E-state index is 10.9. The van der Waals surface area contributed by atoms with Crippen LogP contribution < -0.4 is 5.32 Å². The largest absolute Gasteiger partial charge is 0.477 e. The van der Waals surface area contributed by atoms with Gasteiger partial charge in [0, 0.05) is 7.05 Å². The van der Waals surface area contributed by atoms with E-state index in [-0.39, 0.29) is 5.69 Å². The molecule has 2 N–H and O–H groups in total. The number of carbonyl (C=O) groups is 1. The third-order valence-electron chi connectivity index (χ3n) is 3.70. The molecule has 0 aromatic carbocycles. The van der Waals surface area contributed by atoms with Crippen molar-refractivity contribution >= 4 is 5.97 Å². The molecule has 0 unspecified atom stereocenters. The molecule has 0 saturated heterocycles. The third-order valence-corrected chi connectivity index (χ3v) is 3.70. The molecule has 2 rings (SSSR count). The Morgan fingerprint density at radius 1 is 1.61 bits per heavy atom. The van der Waals surface area contributed by atoms with E-state index in [0.717, 1.165) is 18.3 Å². The zero-order valence-electron chi connectivity index (χ0n) is 11.2. The number of carboxylic acid groups (broad SMARTS) is 1. The zero-order chi connectivity index (χ0) is 13.3. The molecule has 0 atom stereocenters. The second-order valence-corrected chi connectivity index (χ2v) is 5.99. The fourth-order valence-corrected chi connectivity index (χ4v) is 2.85. The van der Waals surface area contributed by atoms with Gasteiger partial charge in [-0.05, 0) is 30.7 Å². The second-order valence-electron chi connectivity index (χ2n) is 5.99. The molecule has 0 spiro atoms. The maximum Gasteiger partial charge on any atom is 0.354 e. The SMILES string of the molecule is Cn1c(C(=O)O)cnc1CNCC1CC(C)(C)C1. The molecule has 1 aliphatic rings. The van der Waals surface area contributed by atoms with Gasteiger partial charge in [-0.25, -0.2) is 9.78 Å². The van der Waals surface area contributed by atoms with Gasteiger partial charge in [0.2, 0.25) is 0 Å². The van der Waals surface area contributed by atoms with Crippen LogP contribution in [0.1, 0.15) is 43.0 Å². The molecule has 1 aromatic rings. The lowest BCUT2D eigenvalue weighted by Crippen LogP contribution is -2.38. The summed E-state index contributed by atoms with van der Waals surface area (Å²) in [6.45, 7) is 6.20. The van der Waals surface area contributed by atoms with Crippen molar-refractivity contribution in [2.75, 3.05) is 6.54 Å². The highest BCUT2D eigenvalue weighted by Crippen LogP contribution is 2.44. The van der Waals surface area contributed by atoms with Gasteiger partial charge in [0.15, 0.2) is 0 Å². The van der Waals surface area contributed by atoms with Gasteiger partial charge in [0.25, 0.3) is 0 Å². The molecule has 0 radical (unpaired) electrons. The number of aromatic nitrogens is 2. The quantitative estimate of drug-likeness (QED) is 0.835. The number of imidazole rings is 1. The highest BCUT2D eigenvalue weighted by atomic mass is 16.4. The minimum Gasteiger partial charge on any atom is -0.477 e. The summed E-state index contributed by atoms with van der Waals surface area (Å²) >= 11 is 0. The van der Waals surface area contributed by atoms with Crippen molar-refractivity contribution in [3.05, 3.63) is 17.7 Å². The molecule has 100 valence electrons. The van der Waals surface area contributed by atoms with Crippen molar-refractivity contribution in [3.63, 3.8) is 0 Å². The first-order chi connectivity index (χ1) is 8.39. The van der Waals surface area contributed by atoms with Gasteiger partial charge in [0.1, 0.15) is 11.5 Å². The van der Waals surface area contributed by atoms with Crippen LogP contribution in [-0.4, -0.2) is 27.2 Å². The Hall–Kier alpha value is -1.36. The van der Waals surface area contributed by atoms with Gasteiger partial charge in [0.05, 0.1) is 12.7 Å². The van der Waals surface area contributed by atoms with Gasteiger partial charge in [-0.1, -0.05) is 13.8 Å². The number of nitrogens with zero attached hydrogens (tertiary/aromatic N) is 2. The van der Waals surface area contributed by atoms with Crippen LogP contribution in [0.5, 0.6) is 0 Å². The molecule has 0 amide bonds. The fraction of sp³-hybridized carbons (Fsp3) is 0.692. The van der Waals surface area contributed by atoms with Crippen molar-refractivity contribution in [1.29, 1.82) is 0 Å². The summed E-state index contributed by atoms with van der Waals surface area (Å²) in [6, 6.07) is 0. The number of aromatic carboxylic acids is 1. The van der Waals surface area contributed by atoms with Gasteiger partial charge >= 0.3 is 5.97 Å². The average molecular weight is 251 g/mol. The summed E-state index contributed by atoms with van der Waals surface area (Å²) < 4.78 is 1.63. The van der Waals surface area contributed by atoms with Crippen molar-refractivity contribution in [1.82, 2.24) is 14.9 Å². The van der Waals surface area contributed by atoms with E-state index in [4.69, 9.17) is 5.11 Å². The van der Waals surface area contributed by atoms with Crippen molar-refractivity contribution in [2.45, 2.75) is 33.2 Å². The standard InChI is InChI=1S/C13H21N3O2/c1-13(2)4-9(5-13)6-14-8-11-15-7-10(12(17)18)16(11)3/h7,9,14H,4-6,8H2,1-3H3,(H,17,18). The van der Waals surface area contributed by atoms with Crippen LogP contribution in [-0.2, 0) is 13.6 Å². The summed E-state index contributed by atoms with van der Waals surface area (Å²) in [4.78, 5) is 15.0. The molecule has 5 heteroatoms. The Labute approximate surface area is 107 Å². The number of hydrogen-bond donors (Lipinski definition) is 2. The van der Waals surface area contributed by atoms with E-state index in [1.165, 1.54) is 19.0 Å². The van der Waals surface area contributed by atoms with E-state index in [0.29, 0.717) is 12.0 Å². The van der Waals surface area contributed by atoms with Crippen LogP contribution in [0.15, 0.2) is 6.20 Å². The van der Waals surface area contributed by atoms with Crippen molar-refractivity contribution < 1.29 is 9.90 Å². The van der Waals surface area contributed by atoms with Crippen LogP contribution in [0.3, 0.4) is 0 Å². The Morgan fingerprint density at radius 2 is 2.28 bits per heavy atom. The summed E-state index contributed by atoms with van der Waals surface area (Å²) in [5, 5.41) is 12.3. The van der Waals surface area contributed by atoms with Crippen LogP contribution in [0.2, 0.25) is 0 Å². The van der Waals surface area contributed by atoms with E-state index in [9.17, 15) is 4.79 Å². The second kappa shape index (κ2) is 4.72. The van der Waals surface area contributed by atoms with E-state index in [1.807, 2.05) is 0 Å². The molecule has 1 saturated carbocycles. The molecule has 1 fully saturated rings. The Balaban J connectivity index is 1.79. The summed E-state index contributed by atoms with van der Waals surface area (Å²) in [5.41, 5.74) is 0.739. The number of carboxylic acids is 1. The Kier molecular flexibility index (Phi) is 3.43.